The number of hydrogen-bond donors (Lipinski definition) is 4. The molecule has 4 N–H and O–H groups in total. The number of rotatable bonds is 60. The zero-order valence-corrected chi connectivity index (χ0v) is 57.7. The number of unbranched alkanes of at least 4 members (excludes halogenated alkanes) is 44. The second-order valence-electron chi connectivity index (χ2n) is 22.9. The molecule has 8 nitrogen and oxygen atoms in total. The number of aliphatic carboxylic acids is 4. The van der Waals surface area contributed by atoms with Gasteiger partial charge in [0, 0.05) is 51.5 Å². The smallest absolute Gasteiger partial charge is 0.303 e. The van der Waals surface area contributed by atoms with Crippen LogP contribution in [0.2, 0.25) is 0 Å². The van der Waals surface area contributed by atoms with Crippen molar-refractivity contribution < 1.29 is 65.4 Å². The van der Waals surface area contributed by atoms with Gasteiger partial charge in [-0.3, -0.25) is 19.2 Å². The summed E-state index contributed by atoms with van der Waals surface area (Å²) in [5.41, 5.74) is 0. The zero-order valence-electron chi connectivity index (χ0n) is 54.1. The minimum absolute atomic E-state index is 0. The van der Waals surface area contributed by atoms with Crippen molar-refractivity contribution >= 4 is 23.9 Å². The summed E-state index contributed by atoms with van der Waals surface area (Å²) in [4.78, 5) is 41.3. The van der Waals surface area contributed by atoms with E-state index in [1.54, 1.807) is 0 Å². The average molecular weight is 1310 g/mol. The molecule has 0 radical (unpaired) electrons. The molecule has 0 saturated carbocycles. The summed E-state index contributed by atoms with van der Waals surface area (Å²) >= 11 is 0. The second-order valence-corrected chi connectivity index (χ2v) is 22.9. The molecule has 0 rings (SSSR count). The molecule has 0 unspecified atom stereocenters. The Labute approximate surface area is 522 Å². The molecule has 0 fully saturated rings. The van der Waals surface area contributed by atoms with Gasteiger partial charge in [0.2, 0.25) is 0 Å². The molecule has 0 aliphatic carbocycles. The number of carboxylic acid groups (broad SMARTS) is 4. The van der Waals surface area contributed by atoms with E-state index in [0.717, 1.165) is 51.4 Å². The van der Waals surface area contributed by atoms with Crippen LogP contribution in [0.4, 0.5) is 0 Å². The third-order valence-corrected chi connectivity index (χ3v) is 14.6. The van der Waals surface area contributed by atoms with E-state index < -0.39 is 23.9 Å². The van der Waals surface area contributed by atoms with E-state index >= 15 is 0 Å². The molecule has 0 aromatic heterocycles. The van der Waals surface area contributed by atoms with Crippen LogP contribution in [0.1, 0.15) is 387 Å². The van der Waals surface area contributed by atoms with Gasteiger partial charge in [-0.2, -0.15) is 0 Å². The van der Waals surface area contributed by atoms with Gasteiger partial charge in [-0.25, -0.2) is 0 Å². The van der Waals surface area contributed by atoms with E-state index in [4.69, 9.17) is 20.4 Å². The van der Waals surface area contributed by atoms with Crippen molar-refractivity contribution in [2.75, 3.05) is 0 Å². The molecule has 0 heterocycles. The van der Waals surface area contributed by atoms with Gasteiger partial charge in [-0.15, -0.1) is 0 Å². The molecule has 0 aromatic rings. The third kappa shape index (κ3) is 103. The van der Waals surface area contributed by atoms with E-state index in [9.17, 15) is 19.2 Å². The van der Waals surface area contributed by atoms with Crippen LogP contribution in [-0.2, 0) is 45.0 Å². The Hall–Kier alpha value is -2.29. The molecule has 0 aliphatic rings. The SMILES string of the molecule is CCCCCCCC/C=C\CCCCCCCC(=O)O.CCCCCCCC/C=C\CCCCCCCC(=O)O.CCCCCCCC/C=C\CCCCCCCC(=O)O.CCCCCCCC/C=C\CCCCCCCC(=O)O.[Hf]. The van der Waals surface area contributed by atoms with Crippen molar-refractivity contribution in [3.05, 3.63) is 48.6 Å². The fourth-order valence-corrected chi connectivity index (χ4v) is 9.39. The first kappa shape index (κ1) is 87.5. The van der Waals surface area contributed by atoms with Crippen LogP contribution in [-0.4, -0.2) is 44.3 Å². The van der Waals surface area contributed by atoms with Gasteiger partial charge < -0.3 is 20.4 Å². The van der Waals surface area contributed by atoms with Crippen LogP contribution < -0.4 is 0 Å². The van der Waals surface area contributed by atoms with E-state index in [1.807, 2.05) is 0 Å². The monoisotopic (exact) mass is 1310 g/mol. The fraction of sp³-hybridized carbons (Fsp3) is 0.833. The molecule has 476 valence electrons. The van der Waals surface area contributed by atoms with Gasteiger partial charge in [0.15, 0.2) is 0 Å². The van der Waals surface area contributed by atoms with Gasteiger partial charge >= 0.3 is 23.9 Å². The third-order valence-electron chi connectivity index (χ3n) is 14.6. The summed E-state index contributed by atoms with van der Waals surface area (Å²) < 4.78 is 0. The fourth-order valence-electron chi connectivity index (χ4n) is 9.39. The molecule has 0 atom stereocenters. The molecule has 0 bridgehead atoms. The van der Waals surface area contributed by atoms with E-state index in [-0.39, 0.29) is 25.8 Å². The van der Waals surface area contributed by atoms with Crippen LogP contribution in [0.15, 0.2) is 48.6 Å². The quantitative estimate of drug-likeness (QED) is 0.0267. The van der Waals surface area contributed by atoms with Gasteiger partial charge in [-0.1, -0.05) is 282 Å². The predicted octanol–water partition coefficient (Wildman–Crippen LogP) is 24.4. The molecule has 0 amide bonds. The minimum Gasteiger partial charge on any atom is -0.481 e. The van der Waals surface area contributed by atoms with E-state index in [1.165, 1.54) is 283 Å². The van der Waals surface area contributed by atoms with Gasteiger partial charge in [-0.05, 0) is 128 Å². The van der Waals surface area contributed by atoms with Crippen molar-refractivity contribution in [3.63, 3.8) is 0 Å². The van der Waals surface area contributed by atoms with Crippen LogP contribution >= 0.6 is 0 Å². The summed E-state index contributed by atoms with van der Waals surface area (Å²) in [6.07, 6.45) is 85.0. The Morgan fingerprint density at radius 1 is 0.198 bits per heavy atom. The summed E-state index contributed by atoms with van der Waals surface area (Å²) in [6, 6.07) is 0. The summed E-state index contributed by atoms with van der Waals surface area (Å²) in [5.74, 6) is -2.66. The summed E-state index contributed by atoms with van der Waals surface area (Å²) in [7, 11) is 0. The first-order chi connectivity index (χ1) is 39.1. The zero-order chi connectivity index (χ0) is 59.6. The standard InChI is InChI=1S/4C18H34O2.Hf/c4*1-2-3-4-5-6-7-8-9-10-11-12-13-14-15-16-17-18(19)20;/h4*9-10H,2-8,11-17H2,1H3,(H,19,20);/b4*10-9-;. The Balaban J connectivity index is -0.000000316. The topological polar surface area (TPSA) is 149 Å². The second kappa shape index (κ2) is 84.2. The molecule has 81 heavy (non-hydrogen) atoms. The van der Waals surface area contributed by atoms with E-state index in [2.05, 4.69) is 76.3 Å². The van der Waals surface area contributed by atoms with Gasteiger partial charge in [0.05, 0.1) is 0 Å². The molecule has 0 saturated heterocycles. The first-order valence-electron chi connectivity index (χ1n) is 34.6. The maximum atomic E-state index is 10.3. The van der Waals surface area contributed by atoms with Gasteiger partial charge in [0.1, 0.15) is 0 Å². The summed E-state index contributed by atoms with van der Waals surface area (Å²) in [6.45, 7) is 9.04. The number of carbonyl (C=O) groups is 4. The van der Waals surface area contributed by atoms with Crippen LogP contribution in [0.5, 0.6) is 0 Å². The first-order valence-corrected chi connectivity index (χ1v) is 34.6. The van der Waals surface area contributed by atoms with Crippen LogP contribution in [0, 0.1) is 0 Å². The van der Waals surface area contributed by atoms with Crippen molar-refractivity contribution in [1.82, 2.24) is 0 Å². The van der Waals surface area contributed by atoms with Crippen molar-refractivity contribution in [2.24, 2.45) is 0 Å². The molecular weight excluding hydrogens is 1170 g/mol. The van der Waals surface area contributed by atoms with Crippen LogP contribution in [0.25, 0.3) is 0 Å². The number of carboxylic acids is 4. The maximum absolute atomic E-state index is 10.3. The normalized spacial score (nSPS) is 11.1. The van der Waals surface area contributed by atoms with Gasteiger partial charge in [0.25, 0.3) is 0 Å². The molecule has 0 spiro atoms. The molecule has 9 heteroatoms. The molecule has 0 aliphatic heterocycles. The average Bonchev–Trinajstić information content (AvgIpc) is 3.43. The number of hydrogen-bond acceptors (Lipinski definition) is 4. The maximum Gasteiger partial charge on any atom is 0.303 e. The largest absolute Gasteiger partial charge is 0.481 e. The van der Waals surface area contributed by atoms with Crippen molar-refractivity contribution in [3.8, 4) is 0 Å². The number of allylic oxidation sites excluding steroid dienone is 8. The Morgan fingerprint density at radius 2 is 0.309 bits per heavy atom. The van der Waals surface area contributed by atoms with E-state index in [0.29, 0.717) is 25.7 Å². The Bertz CT molecular complexity index is 1140. The molecule has 0 aromatic carbocycles. The predicted molar refractivity (Wildman–Crippen MR) is 348 cm³/mol. The van der Waals surface area contributed by atoms with Crippen LogP contribution in [0.3, 0.4) is 0 Å². The Morgan fingerprint density at radius 3 is 0.432 bits per heavy atom. The Kier molecular flexibility index (Phi) is 90.9. The van der Waals surface area contributed by atoms with Crippen molar-refractivity contribution in [2.45, 2.75) is 387 Å². The van der Waals surface area contributed by atoms with Crippen molar-refractivity contribution in [1.29, 1.82) is 0 Å². The summed E-state index contributed by atoms with van der Waals surface area (Å²) in [5, 5.41) is 34.0. The minimum atomic E-state index is -0.664. The molecular formula is C72H136HfO8.